The lowest BCUT2D eigenvalue weighted by molar-refractivity contribution is 0.600. The Bertz CT molecular complexity index is 468. The van der Waals surface area contributed by atoms with Crippen LogP contribution in [0.4, 0.5) is 0 Å². The number of aromatic amines is 1. The van der Waals surface area contributed by atoms with Crippen molar-refractivity contribution in [2.75, 3.05) is 0 Å². The maximum Gasteiger partial charge on any atom is 0.0457 e. The number of rotatable bonds is 3. The zero-order valence-electron chi connectivity index (χ0n) is 8.74. The maximum atomic E-state index is 6.25. The molecular formula is C13H16N2. The summed E-state index contributed by atoms with van der Waals surface area (Å²) in [5.74, 6) is 0.884. The van der Waals surface area contributed by atoms with E-state index >= 15 is 0 Å². The van der Waals surface area contributed by atoms with E-state index in [0.717, 1.165) is 12.3 Å². The summed E-state index contributed by atoms with van der Waals surface area (Å²) in [6.07, 6.45) is 5.87. The second-order valence-corrected chi connectivity index (χ2v) is 4.57. The van der Waals surface area contributed by atoms with Gasteiger partial charge in [-0.1, -0.05) is 25.0 Å². The molecule has 1 fully saturated rings. The van der Waals surface area contributed by atoms with Crippen LogP contribution in [-0.2, 0) is 0 Å². The van der Waals surface area contributed by atoms with Crippen molar-refractivity contribution in [1.29, 1.82) is 0 Å². The number of benzene rings is 1. The number of H-pyrrole nitrogens is 1. The molecular weight excluding hydrogens is 184 g/mol. The Balaban J connectivity index is 1.97. The first-order valence-corrected chi connectivity index (χ1v) is 5.66. The monoisotopic (exact) mass is 200 g/mol. The first-order valence-electron chi connectivity index (χ1n) is 5.66. The molecule has 1 saturated carbocycles. The molecule has 0 saturated heterocycles. The third kappa shape index (κ3) is 1.65. The van der Waals surface area contributed by atoms with Crippen molar-refractivity contribution in [3.63, 3.8) is 0 Å². The average molecular weight is 200 g/mol. The molecule has 1 aromatic heterocycles. The molecule has 1 aliphatic carbocycles. The van der Waals surface area contributed by atoms with Crippen molar-refractivity contribution in [3.8, 4) is 0 Å². The van der Waals surface area contributed by atoms with Gasteiger partial charge in [0.05, 0.1) is 0 Å². The highest BCUT2D eigenvalue weighted by Crippen LogP contribution is 2.37. The smallest absolute Gasteiger partial charge is 0.0457 e. The lowest BCUT2D eigenvalue weighted by Crippen LogP contribution is -2.11. The third-order valence-corrected chi connectivity index (χ3v) is 3.31. The summed E-state index contributed by atoms with van der Waals surface area (Å²) < 4.78 is 0. The number of aromatic nitrogens is 1. The summed E-state index contributed by atoms with van der Waals surface area (Å²) in [6.45, 7) is 0. The largest absolute Gasteiger partial charge is 0.361 e. The van der Waals surface area contributed by atoms with Gasteiger partial charge < -0.3 is 10.7 Å². The minimum atomic E-state index is 0.206. The molecule has 15 heavy (non-hydrogen) atoms. The Morgan fingerprint density at radius 1 is 1.33 bits per heavy atom. The fraction of sp³-hybridized carbons (Fsp3) is 0.385. The van der Waals surface area contributed by atoms with Crippen LogP contribution < -0.4 is 5.73 Å². The molecule has 2 nitrogen and oxygen atoms in total. The minimum Gasteiger partial charge on any atom is -0.361 e. The number of fused-ring (bicyclic) bond motifs is 1. The van der Waals surface area contributed by atoms with E-state index in [1.165, 1.54) is 29.3 Å². The van der Waals surface area contributed by atoms with Crippen LogP contribution in [0.1, 0.15) is 30.9 Å². The molecule has 1 aliphatic rings. The lowest BCUT2D eigenvalue weighted by atomic mass is 9.99. The van der Waals surface area contributed by atoms with E-state index < -0.39 is 0 Å². The first kappa shape index (κ1) is 8.98. The molecule has 0 spiro atoms. The van der Waals surface area contributed by atoms with Gasteiger partial charge in [-0.2, -0.15) is 0 Å². The molecule has 3 N–H and O–H groups in total. The quantitative estimate of drug-likeness (QED) is 0.785. The Kier molecular flexibility index (Phi) is 2.03. The third-order valence-electron chi connectivity index (χ3n) is 3.31. The Labute approximate surface area is 89.5 Å². The topological polar surface area (TPSA) is 41.8 Å². The van der Waals surface area contributed by atoms with Crippen LogP contribution in [0.3, 0.4) is 0 Å². The highest BCUT2D eigenvalue weighted by Gasteiger charge is 2.25. The van der Waals surface area contributed by atoms with Gasteiger partial charge in [-0.15, -0.1) is 0 Å². The Hall–Kier alpha value is -1.28. The van der Waals surface area contributed by atoms with Gasteiger partial charge in [-0.3, -0.25) is 0 Å². The molecule has 1 atom stereocenters. The van der Waals surface area contributed by atoms with E-state index in [1.54, 1.807) is 0 Å². The summed E-state index contributed by atoms with van der Waals surface area (Å²) in [4.78, 5) is 3.23. The summed E-state index contributed by atoms with van der Waals surface area (Å²) in [7, 11) is 0. The highest BCUT2D eigenvalue weighted by atomic mass is 14.7. The van der Waals surface area contributed by atoms with E-state index in [2.05, 4.69) is 29.2 Å². The van der Waals surface area contributed by atoms with Crippen LogP contribution in [0.5, 0.6) is 0 Å². The zero-order chi connectivity index (χ0) is 10.3. The molecule has 0 radical (unpaired) electrons. The molecule has 1 aromatic carbocycles. The van der Waals surface area contributed by atoms with E-state index in [4.69, 9.17) is 5.73 Å². The molecule has 0 aliphatic heterocycles. The number of nitrogens with one attached hydrogen (secondary N) is 1. The number of nitrogens with two attached hydrogens (primary N) is 1. The predicted molar refractivity (Wildman–Crippen MR) is 62.6 cm³/mol. The van der Waals surface area contributed by atoms with Crippen molar-refractivity contribution in [2.45, 2.75) is 25.3 Å². The second kappa shape index (κ2) is 3.38. The molecule has 0 unspecified atom stereocenters. The number of hydrogen-bond donors (Lipinski definition) is 2. The summed E-state index contributed by atoms with van der Waals surface area (Å²) in [5, 5.41) is 1.28. The van der Waals surface area contributed by atoms with Crippen LogP contribution >= 0.6 is 0 Å². The van der Waals surface area contributed by atoms with Gasteiger partial charge in [-0.05, 0) is 30.0 Å². The Morgan fingerprint density at radius 2 is 2.20 bits per heavy atom. The van der Waals surface area contributed by atoms with Crippen LogP contribution in [0.2, 0.25) is 0 Å². The van der Waals surface area contributed by atoms with E-state index in [9.17, 15) is 0 Å². The van der Waals surface area contributed by atoms with Crippen molar-refractivity contribution >= 4 is 10.9 Å². The van der Waals surface area contributed by atoms with Crippen LogP contribution in [0, 0.1) is 5.92 Å². The van der Waals surface area contributed by atoms with Gasteiger partial charge in [0.2, 0.25) is 0 Å². The summed E-state index contributed by atoms with van der Waals surface area (Å²) >= 11 is 0. The van der Waals surface area contributed by atoms with Gasteiger partial charge in [0, 0.05) is 23.1 Å². The molecule has 0 bridgehead atoms. The molecule has 78 valence electrons. The number of hydrogen-bond acceptors (Lipinski definition) is 1. The van der Waals surface area contributed by atoms with Crippen LogP contribution in [0.25, 0.3) is 10.9 Å². The maximum absolute atomic E-state index is 6.25. The molecule has 1 heterocycles. The SMILES string of the molecule is N[C@H](CC1CC1)c1cccc2[nH]ccc12. The summed E-state index contributed by atoms with van der Waals surface area (Å²) in [5.41, 5.74) is 8.73. The van der Waals surface area contributed by atoms with E-state index in [1.807, 2.05) is 6.20 Å². The Morgan fingerprint density at radius 3 is 3.00 bits per heavy atom. The molecule has 0 amide bonds. The van der Waals surface area contributed by atoms with Gasteiger partial charge in [0.15, 0.2) is 0 Å². The molecule has 2 heteroatoms. The van der Waals surface area contributed by atoms with Gasteiger partial charge >= 0.3 is 0 Å². The normalized spacial score (nSPS) is 18.2. The van der Waals surface area contributed by atoms with Gasteiger partial charge in [0.1, 0.15) is 0 Å². The van der Waals surface area contributed by atoms with Crippen molar-refractivity contribution in [2.24, 2.45) is 11.7 Å². The molecule has 3 rings (SSSR count). The van der Waals surface area contributed by atoms with E-state index in [-0.39, 0.29) is 6.04 Å². The standard InChI is InChI=1S/C13H16N2/c14-12(8-9-4-5-9)10-2-1-3-13-11(10)6-7-15-13/h1-3,6-7,9,12,15H,4-5,8,14H2/t12-/m1/s1. The zero-order valence-corrected chi connectivity index (χ0v) is 8.74. The fourth-order valence-electron chi connectivity index (χ4n) is 2.27. The van der Waals surface area contributed by atoms with Crippen LogP contribution in [0.15, 0.2) is 30.5 Å². The van der Waals surface area contributed by atoms with Crippen molar-refractivity contribution in [3.05, 3.63) is 36.0 Å². The van der Waals surface area contributed by atoms with Crippen molar-refractivity contribution < 1.29 is 0 Å². The van der Waals surface area contributed by atoms with Crippen molar-refractivity contribution in [1.82, 2.24) is 4.98 Å². The second-order valence-electron chi connectivity index (χ2n) is 4.57. The van der Waals surface area contributed by atoms with Crippen LogP contribution in [-0.4, -0.2) is 4.98 Å². The lowest BCUT2D eigenvalue weighted by Gasteiger charge is -2.12. The van der Waals surface area contributed by atoms with E-state index in [0.29, 0.717) is 0 Å². The average Bonchev–Trinajstić information content (AvgIpc) is 2.93. The predicted octanol–water partition coefficient (Wildman–Crippen LogP) is 2.97. The minimum absolute atomic E-state index is 0.206. The van der Waals surface area contributed by atoms with Gasteiger partial charge in [-0.25, -0.2) is 0 Å². The van der Waals surface area contributed by atoms with Gasteiger partial charge in [0.25, 0.3) is 0 Å². The fourth-order valence-corrected chi connectivity index (χ4v) is 2.27. The summed E-state index contributed by atoms with van der Waals surface area (Å²) in [6, 6.07) is 8.67. The first-order chi connectivity index (χ1) is 7.34. The molecule has 2 aromatic rings. The highest BCUT2D eigenvalue weighted by molar-refractivity contribution is 5.83.